The number of benzene rings is 1. The number of hydrogen-bond acceptors (Lipinski definition) is 7. The van der Waals surface area contributed by atoms with Gasteiger partial charge in [-0.1, -0.05) is 19.9 Å². The third kappa shape index (κ3) is 3.65. The molecule has 4 amide bonds. The van der Waals surface area contributed by atoms with Crippen molar-refractivity contribution in [1.29, 1.82) is 0 Å². The van der Waals surface area contributed by atoms with Crippen LogP contribution in [0.5, 0.6) is 0 Å². The Morgan fingerprint density at radius 3 is 2.56 bits per heavy atom. The Hall–Kier alpha value is -4.34. The van der Waals surface area contributed by atoms with E-state index in [9.17, 15) is 14.4 Å². The van der Waals surface area contributed by atoms with Crippen molar-refractivity contribution >= 4 is 35.2 Å². The molecule has 0 unspecified atom stereocenters. The van der Waals surface area contributed by atoms with Crippen LogP contribution in [0.1, 0.15) is 49.3 Å². The van der Waals surface area contributed by atoms with E-state index in [0.29, 0.717) is 29.2 Å². The van der Waals surface area contributed by atoms with Crippen molar-refractivity contribution in [3.05, 3.63) is 71.8 Å². The number of urea groups is 1. The molecule has 5 rings (SSSR count). The number of pyridine rings is 1. The number of hydrogen-bond donors (Lipinski definition) is 1. The molecule has 184 valence electrons. The van der Waals surface area contributed by atoms with Crippen LogP contribution in [0.3, 0.4) is 0 Å². The van der Waals surface area contributed by atoms with Gasteiger partial charge in [-0.2, -0.15) is 0 Å². The second-order valence-electron chi connectivity index (χ2n) is 10.2. The first-order valence-corrected chi connectivity index (χ1v) is 11.6. The predicted octanol–water partition coefficient (Wildman–Crippen LogP) is 3.14. The van der Waals surface area contributed by atoms with E-state index in [0.717, 1.165) is 5.56 Å². The van der Waals surface area contributed by atoms with Crippen LogP contribution in [0.2, 0.25) is 0 Å². The van der Waals surface area contributed by atoms with Crippen molar-refractivity contribution in [1.82, 2.24) is 19.9 Å². The molecule has 4 heterocycles. The summed E-state index contributed by atoms with van der Waals surface area (Å²) in [6, 6.07) is 10.0. The third-order valence-corrected chi connectivity index (χ3v) is 6.84. The molecule has 1 saturated heterocycles. The smallest absolute Gasteiger partial charge is 0.332 e. The molecule has 0 aliphatic carbocycles. The summed E-state index contributed by atoms with van der Waals surface area (Å²) in [5.74, 6) is -0.453. The molecule has 10 nitrogen and oxygen atoms in total. The summed E-state index contributed by atoms with van der Waals surface area (Å²) in [6.07, 6.45) is 4.66. The minimum atomic E-state index is -1.11. The topological polar surface area (TPSA) is 126 Å². The molecule has 2 aliphatic heterocycles. The van der Waals surface area contributed by atoms with Gasteiger partial charge in [0.25, 0.3) is 11.8 Å². The summed E-state index contributed by atoms with van der Waals surface area (Å²) in [7, 11) is 0. The van der Waals surface area contributed by atoms with Crippen LogP contribution in [-0.2, 0) is 16.8 Å². The van der Waals surface area contributed by atoms with Crippen LogP contribution in [0.4, 0.5) is 22.1 Å². The molecule has 0 atom stereocenters. The minimum Gasteiger partial charge on any atom is -0.368 e. The number of nitrogens with zero attached hydrogens (tertiary/aromatic N) is 6. The van der Waals surface area contributed by atoms with Crippen LogP contribution in [0, 0.1) is 0 Å². The largest absolute Gasteiger partial charge is 0.368 e. The average Bonchev–Trinajstić information content (AvgIpc) is 3.21. The molecule has 0 radical (unpaired) electrons. The monoisotopic (exact) mass is 485 g/mol. The number of carbonyl (C=O) groups is 3. The van der Waals surface area contributed by atoms with E-state index in [1.165, 1.54) is 22.2 Å². The lowest BCUT2D eigenvalue weighted by Gasteiger charge is -2.27. The number of amides is 4. The van der Waals surface area contributed by atoms with Crippen molar-refractivity contribution in [3.63, 3.8) is 0 Å². The first-order valence-electron chi connectivity index (χ1n) is 11.6. The molecule has 10 heteroatoms. The molecule has 0 bridgehead atoms. The lowest BCUT2D eigenvalue weighted by molar-refractivity contribution is -0.123. The summed E-state index contributed by atoms with van der Waals surface area (Å²) in [5.41, 5.74) is 7.33. The van der Waals surface area contributed by atoms with Crippen LogP contribution < -0.4 is 15.5 Å². The molecule has 0 spiro atoms. The minimum absolute atomic E-state index is 0.0970. The highest BCUT2D eigenvalue weighted by Crippen LogP contribution is 2.44. The Bertz CT molecular complexity index is 1390. The van der Waals surface area contributed by atoms with E-state index >= 15 is 0 Å². The number of carbonyl (C=O) groups excluding carboxylic acids is 3. The van der Waals surface area contributed by atoms with Gasteiger partial charge >= 0.3 is 6.03 Å². The molecule has 2 N–H and O–H groups in total. The van der Waals surface area contributed by atoms with Crippen molar-refractivity contribution in [2.45, 2.75) is 45.2 Å². The van der Waals surface area contributed by atoms with Crippen molar-refractivity contribution in [3.8, 4) is 0 Å². The van der Waals surface area contributed by atoms with E-state index in [1.807, 2.05) is 6.07 Å². The van der Waals surface area contributed by atoms with Crippen LogP contribution >= 0.6 is 0 Å². The molecular formula is C26H27N7O3. The first kappa shape index (κ1) is 23.4. The predicted molar refractivity (Wildman–Crippen MR) is 134 cm³/mol. The van der Waals surface area contributed by atoms with Gasteiger partial charge in [0.15, 0.2) is 0 Å². The fraction of sp³-hybridized carbons (Fsp3) is 0.308. The Kier molecular flexibility index (Phi) is 5.27. The van der Waals surface area contributed by atoms with E-state index in [-0.39, 0.29) is 29.7 Å². The maximum atomic E-state index is 13.6. The second kappa shape index (κ2) is 8.11. The standard InChI is InChI=1S/C26H27N7O3/c1-25(2)15-31(21(34)16-6-5-10-28-13-16)20-12-18(7-8-19(20)25)33-22(35)26(3,4)32(24(33)36)14-17-9-11-29-23(27)30-17/h5-13H,14-15H2,1-4H3,(H2,27,29,30). The summed E-state index contributed by atoms with van der Waals surface area (Å²) in [6.45, 7) is 8.09. The number of rotatable bonds is 4. The number of aromatic nitrogens is 3. The van der Waals surface area contributed by atoms with E-state index in [1.54, 1.807) is 55.3 Å². The van der Waals surface area contributed by atoms with Crippen LogP contribution in [0.15, 0.2) is 55.0 Å². The average molecular weight is 486 g/mol. The van der Waals surface area contributed by atoms with E-state index in [4.69, 9.17) is 5.73 Å². The lowest BCUT2D eigenvalue weighted by atomic mass is 9.87. The molecular weight excluding hydrogens is 458 g/mol. The van der Waals surface area contributed by atoms with Gasteiger partial charge in [0, 0.05) is 36.2 Å². The SMILES string of the molecule is CC1(C)CN(C(=O)c2cccnc2)c2cc(N3C(=O)N(Cc4ccnc(N)n4)C(C)(C)C3=O)ccc21. The van der Waals surface area contributed by atoms with Gasteiger partial charge in [-0.05, 0) is 49.7 Å². The number of imide groups is 1. The lowest BCUT2D eigenvalue weighted by Crippen LogP contribution is -2.43. The van der Waals surface area contributed by atoms with Gasteiger partial charge < -0.3 is 15.5 Å². The summed E-state index contributed by atoms with van der Waals surface area (Å²) in [5, 5.41) is 0. The zero-order valence-corrected chi connectivity index (χ0v) is 20.6. The zero-order valence-electron chi connectivity index (χ0n) is 20.6. The first-order chi connectivity index (χ1) is 17.0. The summed E-state index contributed by atoms with van der Waals surface area (Å²) >= 11 is 0. The van der Waals surface area contributed by atoms with Gasteiger partial charge in [0.1, 0.15) is 5.54 Å². The number of nitrogen functional groups attached to an aromatic ring is 1. The van der Waals surface area contributed by atoms with Gasteiger partial charge in [0.2, 0.25) is 5.95 Å². The fourth-order valence-corrected chi connectivity index (χ4v) is 4.84. The Morgan fingerprint density at radius 2 is 1.86 bits per heavy atom. The molecule has 3 aromatic rings. The van der Waals surface area contributed by atoms with E-state index in [2.05, 4.69) is 28.8 Å². The Labute approximate surface area is 208 Å². The summed E-state index contributed by atoms with van der Waals surface area (Å²) in [4.78, 5) is 56.8. The van der Waals surface area contributed by atoms with Gasteiger partial charge in [-0.15, -0.1) is 0 Å². The molecule has 1 fully saturated rings. The third-order valence-electron chi connectivity index (χ3n) is 6.84. The van der Waals surface area contributed by atoms with Gasteiger partial charge in [0.05, 0.1) is 23.5 Å². The molecule has 0 saturated carbocycles. The highest BCUT2D eigenvalue weighted by atomic mass is 16.2. The fourth-order valence-electron chi connectivity index (χ4n) is 4.84. The normalized spacial score (nSPS) is 18.1. The Balaban J connectivity index is 1.52. The van der Waals surface area contributed by atoms with Crippen molar-refractivity contribution in [2.24, 2.45) is 0 Å². The second-order valence-corrected chi connectivity index (χ2v) is 10.2. The number of anilines is 3. The van der Waals surface area contributed by atoms with Crippen LogP contribution in [-0.4, -0.2) is 49.8 Å². The molecule has 1 aromatic carbocycles. The maximum absolute atomic E-state index is 13.6. The van der Waals surface area contributed by atoms with Crippen molar-refractivity contribution < 1.29 is 14.4 Å². The molecule has 2 aromatic heterocycles. The highest BCUT2D eigenvalue weighted by Gasteiger charge is 2.52. The van der Waals surface area contributed by atoms with Gasteiger partial charge in [-0.3, -0.25) is 14.6 Å². The molecule has 2 aliphatic rings. The van der Waals surface area contributed by atoms with Gasteiger partial charge in [-0.25, -0.2) is 19.7 Å². The quantitative estimate of drug-likeness (QED) is 0.563. The van der Waals surface area contributed by atoms with Crippen LogP contribution in [0.25, 0.3) is 0 Å². The number of fused-ring (bicyclic) bond motifs is 1. The Morgan fingerprint density at radius 1 is 1.08 bits per heavy atom. The zero-order chi connectivity index (χ0) is 25.8. The molecule has 36 heavy (non-hydrogen) atoms. The number of nitrogens with two attached hydrogens (primary N) is 1. The van der Waals surface area contributed by atoms with Crippen molar-refractivity contribution in [2.75, 3.05) is 22.1 Å². The van der Waals surface area contributed by atoms with E-state index < -0.39 is 11.6 Å². The summed E-state index contributed by atoms with van der Waals surface area (Å²) < 4.78 is 0. The maximum Gasteiger partial charge on any atom is 0.332 e. The highest BCUT2D eigenvalue weighted by molar-refractivity contribution is 6.23.